The number of carbonyl (C=O) groups excluding carboxylic acids is 2. The van der Waals surface area contributed by atoms with Crippen LogP contribution in [0.15, 0.2) is 18.2 Å². The van der Waals surface area contributed by atoms with Crippen LogP contribution in [0.3, 0.4) is 0 Å². The molecule has 20 heavy (non-hydrogen) atoms. The van der Waals surface area contributed by atoms with Crippen LogP contribution in [0.2, 0.25) is 5.02 Å². The smallest absolute Gasteiger partial charge is 0.242 e. The third-order valence-electron chi connectivity index (χ3n) is 3.63. The van der Waals surface area contributed by atoms with Gasteiger partial charge in [-0.2, -0.15) is 0 Å². The Balaban J connectivity index is 1.74. The van der Waals surface area contributed by atoms with Gasteiger partial charge in [0.25, 0.3) is 0 Å². The highest BCUT2D eigenvalue weighted by Crippen LogP contribution is 2.31. The second kappa shape index (κ2) is 5.42. The van der Waals surface area contributed by atoms with E-state index in [0.717, 1.165) is 11.3 Å². The molecule has 1 aromatic rings. The summed E-state index contributed by atoms with van der Waals surface area (Å²) in [5.74, 6) is -0.0895. The highest BCUT2D eigenvalue weighted by Gasteiger charge is 2.30. The Hall–Kier alpha value is -1.59. The molecule has 6 heteroatoms. The molecule has 0 radical (unpaired) electrons. The Morgan fingerprint density at radius 3 is 2.80 bits per heavy atom. The number of morpholine rings is 1. The first-order valence-electron chi connectivity index (χ1n) is 6.59. The van der Waals surface area contributed by atoms with Crippen molar-refractivity contribution in [3.05, 3.63) is 28.8 Å². The Kier molecular flexibility index (Phi) is 3.63. The van der Waals surface area contributed by atoms with Crippen LogP contribution < -0.4 is 4.90 Å². The summed E-state index contributed by atoms with van der Waals surface area (Å²) in [5.41, 5.74) is 1.68. The molecule has 0 aliphatic carbocycles. The summed E-state index contributed by atoms with van der Waals surface area (Å²) in [6.45, 7) is 2.40. The van der Waals surface area contributed by atoms with Gasteiger partial charge < -0.3 is 14.5 Å². The number of anilines is 1. The van der Waals surface area contributed by atoms with Crippen molar-refractivity contribution in [2.24, 2.45) is 0 Å². The lowest BCUT2D eigenvalue weighted by atomic mass is 10.2. The topological polar surface area (TPSA) is 49.9 Å². The number of ether oxygens (including phenoxy) is 1. The Morgan fingerprint density at radius 2 is 2.05 bits per heavy atom. The summed E-state index contributed by atoms with van der Waals surface area (Å²) < 4.78 is 5.22. The Bertz CT molecular complexity index is 555. The maximum absolute atomic E-state index is 12.2. The number of amides is 2. The van der Waals surface area contributed by atoms with Gasteiger partial charge in [0, 0.05) is 23.8 Å². The van der Waals surface area contributed by atoms with Gasteiger partial charge in [-0.3, -0.25) is 9.59 Å². The number of nitrogens with zero attached hydrogens (tertiary/aromatic N) is 2. The number of rotatable bonds is 2. The minimum atomic E-state index is -0.0520. The van der Waals surface area contributed by atoms with Gasteiger partial charge in [-0.25, -0.2) is 0 Å². The summed E-state index contributed by atoms with van der Waals surface area (Å²) in [6.07, 6.45) is 0.312. The number of hydrogen-bond acceptors (Lipinski definition) is 3. The van der Waals surface area contributed by atoms with Crippen molar-refractivity contribution in [1.29, 1.82) is 0 Å². The van der Waals surface area contributed by atoms with Crippen molar-refractivity contribution < 1.29 is 14.3 Å². The molecule has 1 saturated heterocycles. The van der Waals surface area contributed by atoms with E-state index in [1.54, 1.807) is 28.0 Å². The quantitative estimate of drug-likeness (QED) is 0.820. The van der Waals surface area contributed by atoms with E-state index < -0.39 is 0 Å². The highest BCUT2D eigenvalue weighted by atomic mass is 35.5. The minimum absolute atomic E-state index is 0.0375. The van der Waals surface area contributed by atoms with E-state index in [1.165, 1.54) is 0 Å². The van der Waals surface area contributed by atoms with Crippen LogP contribution in [-0.4, -0.2) is 49.6 Å². The average molecular weight is 295 g/mol. The van der Waals surface area contributed by atoms with E-state index in [0.29, 0.717) is 37.7 Å². The predicted molar refractivity (Wildman–Crippen MR) is 74.9 cm³/mol. The normalized spacial score (nSPS) is 18.4. The lowest BCUT2D eigenvalue weighted by molar-refractivity contribution is -0.134. The van der Waals surface area contributed by atoms with E-state index in [4.69, 9.17) is 16.3 Å². The molecule has 2 amide bonds. The summed E-state index contributed by atoms with van der Waals surface area (Å²) in [7, 11) is 0. The largest absolute Gasteiger partial charge is 0.378 e. The number of carbonyl (C=O) groups is 2. The Labute approximate surface area is 122 Å². The maximum Gasteiger partial charge on any atom is 0.242 e. The predicted octanol–water partition coefficient (Wildman–Crippen LogP) is 1.09. The number of halogens is 1. The van der Waals surface area contributed by atoms with Gasteiger partial charge in [0.2, 0.25) is 11.8 Å². The number of fused-ring (bicyclic) bond motifs is 1. The van der Waals surface area contributed by atoms with E-state index >= 15 is 0 Å². The van der Waals surface area contributed by atoms with Crippen molar-refractivity contribution in [3.63, 3.8) is 0 Å². The van der Waals surface area contributed by atoms with Gasteiger partial charge in [0.05, 0.1) is 19.6 Å². The molecule has 1 fully saturated rings. The van der Waals surface area contributed by atoms with Gasteiger partial charge >= 0.3 is 0 Å². The molecule has 0 N–H and O–H groups in total. The van der Waals surface area contributed by atoms with E-state index in [9.17, 15) is 9.59 Å². The van der Waals surface area contributed by atoms with Crippen molar-refractivity contribution in [2.45, 2.75) is 6.42 Å². The first kappa shape index (κ1) is 13.4. The van der Waals surface area contributed by atoms with Crippen LogP contribution in [0.25, 0.3) is 0 Å². The molecule has 0 saturated carbocycles. The zero-order valence-electron chi connectivity index (χ0n) is 11.0. The average Bonchev–Trinajstić information content (AvgIpc) is 2.75. The zero-order chi connectivity index (χ0) is 14.1. The van der Waals surface area contributed by atoms with Crippen molar-refractivity contribution in [1.82, 2.24) is 4.90 Å². The molecular weight excluding hydrogens is 280 g/mol. The molecule has 0 aromatic heterocycles. The SMILES string of the molecule is O=C(CN1C(=O)Cc2cc(Cl)ccc21)N1CCOCC1. The minimum Gasteiger partial charge on any atom is -0.378 e. The fourth-order valence-electron chi connectivity index (χ4n) is 2.57. The molecule has 0 spiro atoms. The third kappa shape index (κ3) is 2.51. The molecule has 0 bridgehead atoms. The lowest BCUT2D eigenvalue weighted by Crippen LogP contribution is -2.46. The summed E-state index contributed by atoms with van der Waals surface area (Å²) in [4.78, 5) is 27.6. The molecule has 2 aliphatic rings. The molecule has 5 nitrogen and oxygen atoms in total. The second-order valence-electron chi connectivity index (χ2n) is 4.92. The molecule has 2 heterocycles. The summed E-state index contributed by atoms with van der Waals surface area (Å²) in [6, 6.07) is 5.33. The van der Waals surface area contributed by atoms with Gasteiger partial charge in [-0.15, -0.1) is 0 Å². The fourth-order valence-corrected chi connectivity index (χ4v) is 2.77. The third-order valence-corrected chi connectivity index (χ3v) is 3.87. The van der Waals surface area contributed by atoms with Gasteiger partial charge in [-0.05, 0) is 23.8 Å². The molecule has 3 rings (SSSR count). The first-order valence-corrected chi connectivity index (χ1v) is 6.97. The van der Waals surface area contributed by atoms with Gasteiger partial charge in [-0.1, -0.05) is 11.6 Å². The molecular formula is C14H15ClN2O3. The lowest BCUT2D eigenvalue weighted by Gasteiger charge is -2.28. The van der Waals surface area contributed by atoms with E-state index in [1.807, 2.05) is 0 Å². The highest BCUT2D eigenvalue weighted by molar-refractivity contribution is 6.31. The fraction of sp³-hybridized carbons (Fsp3) is 0.429. The summed E-state index contributed by atoms with van der Waals surface area (Å²) in [5, 5.41) is 0.609. The number of hydrogen-bond donors (Lipinski definition) is 0. The van der Waals surface area contributed by atoms with Crippen LogP contribution in [0.1, 0.15) is 5.56 Å². The molecule has 0 unspecified atom stereocenters. The number of benzene rings is 1. The van der Waals surface area contributed by atoms with E-state index in [-0.39, 0.29) is 18.4 Å². The van der Waals surface area contributed by atoms with Crippen LogP contribution in [0, 0.1) is 0 Å². The van der Waals surface area contributed by atoms with Crippen LogP contribution >= 0.6 is 11.6 Å². The Morgan fingerprint density at radius 1 is 1.30 bits per heavy atom. The maximum atomic E-state index is 12.2. The zero-order valence-corrected chi connectivity index (χ0v) is 11.7. The molecule has 106 valence electrons. The monoisotopic (exact) mass is 294 g/mol. The van der Waals surface area contributed by atoms with Gasteiger partial charge in [0.1, 0.15) is 6.54 Å². The van der Waals surface area contributed by atoms with Crippen molar-refractivity contribution in [3.8, 4) is 0 Å². The molecule has 0 atom stereocenters. The standard InChI is InChI=1S/C14H15ClN2O3/c15-11-1-2-12-10(7-11)8-13(18)17(12)9-14(19)16-3-5-20-6-4-16/h1-2,7H,3-6,8-9H2. The molecule has 1 aromatic carbocycles. The van der Waals surface area contributed by atoms with Crippen LogP contribution in [-0.2, 0) is 20.7 Å². The van der Waals surface area contributed by atoms with Crippen molar-refractivity contribution in [2.75, 3.05) is 37.7 Å². The van der Waals surface area contributed by atoms with Crippen LogP contribution in [0.4, 0.5) is 5.69 Å². The van der Waals surface area contributed by atoms with E-state index in [2.05, 4.69) is 0 Å². The second-order valence-corrected chi connectivity index (χ2v) is 5.36. The first-order chi connectivity index (χ1) is 9.65. The summed E-state index contributed by atoms with van der Waals surface area (Å²) >= 11 is 5.93. The van der Waals surface area contributed by atoms with Crippen molar-refractivity contribution >= 4 is 29.1 Å². The molecule has 2 aliphatic heterocycles. The van der Waals surface area contributed by atoms with Crippen LogP contribution in [0.5, 0.6) is 0 Å². The van der Waals surface area contributed by atoms with Gasteiger partial charge in [0.15, 0.2) is 0 Å².